The van der Waals surface area contributed by atoms with Gasteiger partial charge in [-0.2, -0.15) is 0 Å². The molecule has 2 atom stereocenters. The van der Waals surface area contributed by atoms with Crippen molar-refractivity contribution in [2.75, 3.05) is 20.1 Å². The van der Waals surface area contributed by atoms with Gasteiger partial charge in [-0.15, -0.1) is 0 Å². The van der Waals surface area contributed by atoms with Gasteiger partial charge in [0.2, 0.25) is 0 Å². The molecule has 0 spiro atoms. The molecule has 1 saturated carbocycles. The fourth-order valence-corrected chi connectivity index (χ4v) is 3.18. The third-order valence-electron chi connectivity index (χ3n) is 4.47. The summed E-state index contributed by atoms with van der Waals surface area (Å²) in [5.74, 6) is 0. The number of piperidine rings is 1. The molecule has 2 heteroatoms. The van der Waals surface area contributed by atoms with Gasteiger partial charge in [0.25, 0.3) is 0 Å². The second kappa shape index (κ2) is 4.42. The summed E-state index contributed by atoms with van der Waals surface area (Å²) in [6, 6.07) is 1.58. The van der Waals surface area contributed by atoms with E-state index >= 15 is 0 Å². The Kier molecular flexibility index (Phi) is 3.36. The highest BCUT2D eigenvalue weighted by Crippen LogP contribution is 2.33. The maximum atomic E-state index is 3.49. The van der Waals surface area contributed by atoms with Gasteiger partial charge >= 0.3 is 0 Å². The van der Waals surface area contributed by atoms with Crippen molar-refractivity contribution in [3.63, 3.8) is 0 Å². The molecule has 1 saturated heterocycles. The van der Waals surface area contributed by atoms with Crippen molar-refractivity contribution in [1.82, 2.24) is 10.2 Å². The molecule has 0 aromatic heterocycles. The Morgan fingerprint density at radius 3 is 2.40 bits per heavy atom. The molecule has 0 aromatic rings. The van der Waals surface area contributed by atoms with Crippen molar-refractivity contribution in [3.05, 3.63) is 0 Å². The maximum absolute atomic E-state index is 3.49. The van der Waals surface area contributed by atoms with Gasteiger partial charge in [-0.25, -0.2) is 0 Å². The van der Waals surface area contributed by atoms with Crippen LogP contribution in [0.2, 0.25) is 0 Å². The fourth-order valence-electron chi connectivity index (χ4n) is 3.18. The second-order valence-electron chi connectivity index (χ2n) is 6.09. The number of nitrogens with one attached hydrogen (secondary N) is 1. The average Bonchev–Trinajstić information content (AvgIpc) is 2.65. The van der Waals surface area contributed by atoms with Gasteiger partial charge in [0.15, 0.2) is 0 Å². The molecule has 2 rings (SSSR count). The van der Waals surface area contributed by atoms with Crippen molar-refractivity contribution in [3.8, 4) is 0 Å². The summed E-state index contributed by atoms with van der Waals surface area (Å²) in [5.41, 5.74) is 0.588. The molecule has 1 heterocycles. The van der Waals surface area contributed by atoms with Crippen LogP contribution in [0.1, 0.15) is 46.0 Å². The largest absolute Gasteiger partial charge is 0.315 e. The Morgan fingerprint density at radius 1 is 1.13 bits per heavy atom. The van der Waals surface area contributed by atoms with Gasteiger partial charge < -0.3 is 5.32 Å². The minimum absolute atomic E-state index is 0.588. The van der Waals surface area contributed by atoms with Crippen molar-refractivity contribution in [2.45, 2.75) is 58.0 Å². The van der Waals surface area contributed by atoms with Crippen LogP contribution < -0.4 is 5.32 Å². The molecule has 15 heavy (non-hydrogen) atoms. The smallest absolute Gasteiger partial charge is 0.0249 e. The standard InChI is InChI=1S/C13H26N2/c1-13(2)7-9-15(10-8-13)12-6-4-5-11(12)14-3/h11-12,14H,4-10H2,1-3H3. The molecule has 1 N–H and O–H groups in total. The Morgan fingerprint density at radius 2 is 1.80 bits per heavy atom. The van der Waals surface area contributed by atoms with Crippen LogP contribution in [0.5, 0.6) is 0 Å². The van der Waals surface area contributed by atoms with Crippen molar-refractivity contribution < 1.29 is 0 Å². The molecule has 0 aromatic carbocycles. The van der Waals surface area contributed by atoms with E-state index in [-0.39, 0.29) is 0 Å². The summed E-state index contributed by atoms with van der Waals surface area (Å²) in [6.45, 7) is 7.45. The zero-order valence-corrected chi connectivity index (χ0v) is 10.6. The lowest BCUT2D eigenvalue weighted by Gasteiger charge is -2.41. The van der Waals surface area contributed by atoms with Crippen LogP contribution in [0.3, 0.4) is 0 Å². The van der Waals surface area contributed by atoms with E-state index in [0.29, 0.717) is 5.41 Å². The van der Waals surface area contributed by atoms with Crippen LogP contribution in [-0.2, 0) is 0 Å². The number of likely N-dealkylation sites (N-methyl/N-ethyl adjacent to an activating group) is 1. The highest BCUT2D eigenvalue weighted by atomic mass is 15.2. The van der Waals surface area contributed by atoms with Crippen LogP contribution in [0, 0.1) is 5.41 Å². The van der Waals surface area contributed by atoms with Crippen molar-refractivity contribution in [2.24, 2.45) is 5.41 Å². The molecule has 88 valence electrons. The summed E-state index contributed by atoms with van der Waals surface area (Å²) in [5, 5.41) is 3.49. The molecule has 1 aliphatic heterocycles. The van der Waals surface area contributed by atoms with Gasteiger partial charge in [-0.05, 0) is 51.2 Å². The van der Waals surface area contributed by atoms with E-state index in [1.165, 1.54) is 45.2 Å². The molecule has 0 radical (unpaired) electrons. The predicted molar refractivity (Wildman–Crippen MR) is 65.1 cm³/mol. The Bertz CT molecular complexity index is 203. The minimum atomic E-state index is 0.588. The molecule has 1 aliphatic carbocycles. The monoisotopic (exact) mass is 210 g/mol. The van der Waals surface area contributed by atoms with Crippen molar-refractivity contribution >= 4 is 0 Å². The lowest BCUT2D eigenvalue weighted by atomic mass is 9.82. The first kappa shape index (κ1) is 11.4. The molecular formula is C13H26N2. The highest BCUT2D eigenvalue weighted by molar-refractivity contribution is 4.92. The summed E-state index contributed by atoms with van der Waals surface area (Å²) in [4.78, 5) is 2.74. The molecular weight excluding hydrogens is 184 g/mol. The van der Waals surface area contributed by atoms with Gasteiger partial charge in [-0.1, -0.05) is 20.3 Å². The first-order valence-corrected chi connectivity index (χ1v) is 6.54. The molecule has 0 bridgehead atoms. The van der Waals surface area contributed by atoms with Crippen LogP contribution in [-0.4, -0.2) is 37.1 Å². The number of likely N-dealkylation sites (tertiary alicyclic amines) is 1. The molecule has 2 nitrogen and oxygen atoms in total. The second-order valence-corrected chi connectivity index (χ2v) is 6.09. The van der Waals surface area contributed by atoms with E-state index in [9.17, 15) is 0 Å². The first-order chi connectivity index (χ1) is 7.12. The normalized spacial score (nSPS) is 37.0. The zero-order valence-electron chi connectivity index (χ0n) is 10.6. The van der Waals surface area contributed by atoms with Gasteiger partial charge in [-0.3, -0.25) is 4.90 Å². The highest BCUT2D eigenvalue weighted by Gasteiger charge is 2.34. The molecule has 0 amide bonds. The zero-order chi connectivity index (χ0) is 10.9. The molecule has 2 unspecified atom stereocenters. The molecule has 2 fully saturated rings. The van der Waals surface area contributed by atoms with Crippen LogP contribution in [0.15, 0.2) is 0 Å². The van der Waals surface area contributed by atoms with Gasteiger partial charge in [0.05, 0.1) is 0 Å². The van der Waals surface area contributed by atoms with Crippen LogP contribution in [0.4, 0.5) is 0 Å². The van der Waals surface area contributed by atoms with E-state index in [2.05, 4.69) is 31.1 Å². The third kappa shape index (κ3) is 2.54. The maximum Gasteiger partial charge on any atom is 0.0249 e. The van der Waals surface area contributed by atoms with E-state index in [0.717, 1.165) is 12.1 Å². The third-order valence-corrected chi connectivity index (χ3v) is 4.47. The first-order valence-electron chi connectivity index (χ1n) is 6.54. The lowest BCUT2D eigenvalue weighted by Crippen LogP contribution is -2.50. The topological polar surface area (TPSA) is 15.3 Å². The van der Waals surface area contributed by atoms with E-state index in [1.807, 2.05) is 0 Å². The Balaban J connectivity index is 1.89. The Labute approximate surface area is 94.4 Å². The minimum Gasteiger partial charge on any atom is -0.315 e. The van der Waals surface area contributed by atoms with E-state index in [1.54, 1.807) is 0 Å². The SMILES string of the molecule is CNC1CCCC1N1CCC(C)(C)CC1. The lowest BCUT2D eigenvalue weighted by molar-refractivity contribution is 0.0854. The summed E-state index contributed by atoms with van der Waals surface area (Å²) >= 11 is 0. The van der Waals surface area contributed by atoms with Gasteiger partial charge in [0.1, 0.15) is 0 Å². The van der Waals surface area contributed by atoms with Crippen molar-refractivity contribution in [1.29, 1.82) is 0 Å². The fraction of sp³-hybridized carbons (Fsp3) is 1.00. The average molecular weight is 210 g/mol. The van der Waals surface area contributed by atoms with E-state index in [4.69, 9.17) is 0 Å². The van der Waals surface area contributed by atoms with Crippen LogP contribution >= 0.6 is 0 Å². The quantitative estimate of drug-likeness (QED) is 0.752. The van der Waals surface area contributed by atoms with Crippen LogP contribution in [0.25, 0.3) is 0 Å². The summed E-state index contributed by atoms with van der Waals surface area (Å²) < 4.78 is 0. The van der Waals surface area contributed by atoms with E-state index < -0.39 is 0 Å². The number of nitrogens with zero attached hydrogens (tertiary/aromatic N) is 1. The summed E-state index contributed by atoms with van der Waals surface area (Å²) in [7, 11) is 2.12. The summed E-state index contributed by atoms with van der Waals surface area (Å²) in [6.07, 6.45) is 6.95. The Hall–Kier alpha value is -0.0800. The van der Waals surface area contributed by atoms with Gasteiger partial charge in [0, 0.05) is 12.1 Å². The number of hydrogen-bond acceptors (Lipinski definition) is 2. The molecule has 2 aliphatic rings. The predicted octanol–water partition coefficient (Wildman–Crippen LogP) is 2.25. The number of rotatable bonds is 2. The number of hydrogen-bond donors (Lipinski definition) is 1.